The van der Waals surface area contributed by atoms with Crippen LogP contribution in [0.25, 0.3) is 43.4 Å². The quantitative estimate of drug-likeness (QED) is 0.154. The maximum Gasteiger partial charge on any atom is 0.0468 e. The minimum atomic E-state index is -0.354. The van der Waals surface area contributed by atoms with E-state index in [0.717, 1.165) is 22.7 Å². The first-order valence-electron chi connectivity index (χ1n) is 23.4. The molecule has 324 valence electrons. The van der Waals surface area contributed by atoms with Crippen molar-refractivity contribution in [2.45, 2.75) is 88.5 Å². The molecule has 0 bridgehead atoms. The third-order valence-corrected chi connectivity index (χ3v) is 15.2. The van der Waals surface area contributed by atoms with Crippen LogP contribution in [0.15, 0.2) is 158 Å². The van der Waals surface area contributed by atoms with Gasteiger partial charge in [0.25, 0.3) is 0 Å². The van der Waals surface area contributed by atoms with Gasteiger partial charge in [-0.2, -0.15) is 0 Å². The van der Waals surface area contributed by atoms with Crippen LogP contribution in [0.4, 0.5) is 34.1 Å². The Morgan fingerprint density at radius 2 is 0.815 bits per heavy atom. The summed E-state index contributed by atoms with van der Waals surface area (Å²) in [6.45, 7) is 28.3. The molecule has 1 aliphatic carbocycles. The first kappa shape index (κ1) is 42.3. The van der Waals surface area contributed by atoms with Gasteiger partial charge in [-0.1, -0.05) is 114 Å². The monoisotopic (exact) mass is 846 g/mol. The van der Waals surface area contributed by atoms with Crippen LogP contribution in [-0.4, -0.2) is 0 Å². The zero-order chi connectivity index (χ0) is 45.7. The van der Waals surface area contributed by atoms with Gasteiger partial charge in [0.2, 0.25) is 0 Å². The molecule has 0 aliphatic heterocycles. The molecule has 0 saturated heterocycles. The summed E-state index contributed by atoms with van der Waals surface area (Å²) in [7, 11) is 0. The molecular formula is C63H62N2. The molecule has 2 heteroatoms. The van der Waals surface area contributed by atoms with Crippen molar-refractivity contribution >= 4 is 66.4 Å². The molecule has 0 aromatic heterocycles. The van der Waals surface area contributed by atoms with Crippen molar-refractivity contribution in [1.29, 1.82) is 0 Å². The average Bonchev–Trinajstić information content (AvgIpc) is 3.59. The first-order chi connectivity index (χ1) is 31.0. The second-order valence-corrected chi connectivity index (χ2v) is 21.0. The number of hydrogen-bond donors (Lipinski definition) is 0. The number of rotatable bonds is 6. The summed E-state index contributed by atoms with van der Waals surface area (Å²) in [5, 5.41) is 7.73. The van der Waals surface area contributed by atoms with Gasteiger partial charge in [0.15, 0.2) is 0 Å². The molecule has 0 unspecified atom stereocenters. The summed E-state index contributed by atoms with van der Waals surface area (Å²) in [5.41, 5.74) is 19.8. The summed E-state index contributed by atoms with van der Waals surface area (Å²) in [5.74, 6) is 0. The molecule has 0 saturated carbocycles. The van der Waals surface area contributed by atoms with Crippen LogP contribution >= 0.6 is 0 Å². The molecule has 0 amide bonds. The summed E-state index contributed by atoms with van der Waals surface area (Å²) in [4.78, 5) is 4.87. The van der Waals surface area contributed by atoms with Crippen LogP contribution in [0.3, 0.4) is 0 Å². The fourth-order valence-electron chi connectivity index (χ4n) is 12.1. The van der Waals surface area contributed by atoms with E-state index in [0.29, 0.717) is 0 Å². The van der Waals surface area contributed by atoms with E-state index < -0.39 is 0 Å². The number of nitrogens with zero attached hydrogens (tertiary/aromatic N) is 2. The van der Waals surface area contributed by atoms with Crippen molar-refractivity contribution < 1.29 is 0 Å². The Labute approximate surface area is 387 Å². The van der Waals surface area contributed by atoms with E-state index in [1.807, 2.05) is 0 Å². The van der Waals surface area contributed by atoms with Crippen molar-refractivity contribution in [3.8, 4) is 11.1 Å². The Bertz CT molecular complexity index is 3280. The maximum absolute atomic E-state index is 2.58. The van der Waals surface area contributed by atoms with Crippen LogP contribution in [-0.2, 0) is 5.41 Å². The third kappa shape index (κ3) is 6.51. The smallest absolute Gasteiger partial charge is 0.0468 e. The second kappa shape index (κ2) is 15.2. The molecule has 0 N–H and O–H groups in total. The van der Waals surface area contributed by atoms with Crippen LogP contribution < -0.4 is 9.80 Å². The highest BCUT2D eigenvalue weighted by Gasteiger charge is 2.58. The molecule has 0 atom stereocenters. The third-order valence-electron chi connectivity index (χ3n) is 15.2. The Hall–Kier alpha value is -6.64. The summed E-state index contributed by atoms with van der Waals surface area (Å²) in [6, 6.07) is 59.8. The number of para-hydroxylation sites is 2. The molecule has 9 aromatic rings. The van der Waals surface area contributed by atoms with Crippen molar-refractivity contribution in [2.75, 3.05) is 9.80 Å². The number of hydrogen-bond acceptors (Lipinski definition) is 2. The molecule has 0 radical (unpaired) electrons. The first-order valence-corrected chi connectivity index (χ1v) is 23.4. The van der Waals surface area contributed by atoms with Gasteiger partial charge >= 0.3 is 0 Å². The van der Waals surface area contributed by atoms with Crippen molar-refractivity contribution in [1.82, 2.24) is 0 Å². The molecule has 65 heavy (non-hydrogen) atoms. The number of aryl methyl sites for hydroxylation is 4. The van der Waals surface area contributed by atoms with Gasteiger partial charge in [0.05, 0.1) is 0 Å². The Morgan fingerprint density at radius 1 is 0.354 bits per heavy atom. The average molecular weight is 847 g/mol. The Kier molecular flexibility index (Phi) is 9.92. The van der Waals surface area contributed by atoms with Crippen LogP contribution in [0, 0.1) is 52.4 Å². The molecular weight excluding hydrogens is 785 g/mol. The van der Waals surface area contributed by atoms with E-state index in [2.05, 4.69) is 251 Å². The molecule has 2 nitrogen and oxygen atoms in total. The van der Waals surface area contributed by atoms with Crippen LogP contribution in [0.5, 0.6) is 0 Å². The van der Waals surface area contributed by atoms with Gasteiger partial charge in [0, 0.05) is 39.5 Å². The van der Waals surface area contributed by atoms with Crippen LogP contribution in [0.2, 0.25) is 0 Å². The number of benzene rings is 9. The van der Waals surface area contributed by atoms with E-state index in [1.165, 1.54) is 99.3 Å². The van der Waals surface area contributed by atoms with E-state index in [4.69, 9.17) is 0 Å². The van der Waals surface area contributed by atoms with E-state index in [9.17, 15) is 0 Å². The number of fused-ring (bicyclic) bond motifs is 9. The lowest BCUT2D eigenvalue weighted by molar-refractivity contribution is 0.0965. The number of anilines is 6. The van der Waals surface area contributed by atoms with Crippen molar-refractivity contribution in [3.63, 3.8) is 0 Å². The van der Waals surface area contributed by atoms with E-state index in [1.54, 1.807) is 0 Å². The summed E-state index contributed by atoms with van der Waals surface area (Å²) in [6.07, 6.45) is 0. The van der Waals surface area contributed by atoms with Gasteiger partial charge < -0.3 is 9.80 Å². The lowest BCUT2D eigenvalue weighted by Crippen LogP contribution is -2.50. The lowest BCUT2D eigenvalue weighted by atomic mass is 9.49. The molecule has 10 rings (SSSR count). The predicted octanol–water partition coefficient (Wildman–Crippen LogP) is 18.3. The molecule has 0 fully saturated rings. The highest BCUT2D eigenvalue weighted by Crippen LogP contribution is 2.68. The maximum atomic E-state index is 2.58. The highest BCUT2D eigenvalue weighted by atomic mass is 15.1. The van der Waals surface area contributed by atoms with Gasteiger partial charge in [-0.3, -0.25) is 0 Å². The fourth-order valence-corrected chi connectivity index (χ4v) is 12.1. The zero-order valence-electron chi connectivity index (χ0n) is 40.4. The molecule has 0 spiro atoms. The van der Waals surface area contributed by atoms with Crippen molar-refractivity contribution in [2.24, 2.45) is 10.8 Å². The van der Waals surface area contributed by atoms with Crippen LogP contribution in [0.1, 0.15) is 86.1 Å². The summed E-state index contributed by atoms with van der Waals surface area (Å²) < 4.78 is 0. The predicted molar refractivity (Wildman–Crippen MR) is 282 cm³/mol. The molecule has 1 aliphatic rings. The minimum Gasteiger partial charge on any atom is -0.310 e. The molecule has 9 aromatic carbocycles. The Balaban J connectivity index is 1.26. The lowest BCUT2D eigenvalue weighted by Gasteiger charge is -2.53. The zero-order valence-corrected chi connectivity index (χ0v) is 40.4. The van der Waals surface area contributed by atoms with E-state index >= 15 is 0 Å². The largest absolute Gasteiger partial charge is 0.310 e. The topological polar surface area (TPSA) is 6.48 Å². The van der Waals surface area contributed by atoms with Crippen molar-refractivity contribution in [3.05, 3.63) is 202 Å². The summed E-state index contributed by atoms with van der Waals surface area (Å²) >= 11 is 0. The second-order valence-electron chi connectivity index (χ2n) is 21.0. The minimum absolute atomic E-state index is 0.162. The van der Waals surface area contributed by atoms with Gasteiger partial charge in [-0.25, -0.2) is 0 Å². The van der Waals surface area contributed by atoms with Gasteiger partial charge in [-0.05, 0) is 225 Å². The molecule has 0 heterocycles. The van der Waals surface area contributed by atoms with Gasteiger partial charge in [0.1, 0.15) is 0 Å². The fraction of sp³-hybridized carbons (Fsp3) is 0.238. The normalized spacial score (nSPS) is 13.4. The van der Waals surface area contributed by atoms with Gasteiger partial charge in [-0.15, -0.1) is 0 Å². The highest BCUT2D eigenvalue weighted by molar-refractivity contribution is 6.20. The standard InChI is InChI=1S/C63H62N2/c1-39-31-51(32-40(2)43(39)5)64(47-21-15-13-16-22-47)49-28-27-45-36-57-58(37-46(45)35-49)63(61(7,8)9,62(10,11)12)60-55-30-29-50(38-56(55)53-25-19-20-26-54(53)59(57)60)65(48-23-17-14-18-24-48)52-33-41(3)44(6)42(4)34-52/h13-38H,1-12H3. The van der Waals surface area contributed by atoms with E-state index in [-0.39, 0.29) is 16.2 Å². The SMILES string of the molecule is Cc1cc(N(c2ccccc2)c2ccc3cc4c(cc3c2)C(C(C)(C)C)(C(C)(C)C)c2c-4c3ccccc3c3cc(N(c4ccccc4)c4cc(C)c(C)c(C)c4)ccc23)cc(C)c1C. The Morgan fingerprint density at radius 3 is 1.32 bits per heavy atom.